The summed E-state index contributed by atoms with van der Waals surface area (Å²) in [5, 5.41) is 4.46. The summed E-state index contributed by atoms with van der Waals surface area (Å²) in [6, 6.07) is 4.78. The monoisotopic (exact) mass is 844 g/mol. The summed E-state index contributed by atoms with van der Waals surface area (Å²) < 4.78 is 19.8. The molecular formula is C57H97NO3. The van der Waals surface area contributed by atoms with Gasteiger partial charge in [0.05, 0.1) is 35.6 Å². The number of ether oxygens (including phenoxy) is 3. The van der Waals surface area contributed by atoms with Crippen LogP contribution in [-0.4, -0.2) is 41.2 Å². The summed E-state index contributed by atoms with van der Waals surface area (Å²) in [5.41, 5.74) is 7.83. The summed E-state index contributed by atoms with van der Waals surface area (Å²) in [6.07, 6.45) is 16.9. The smallest absolute Gasteiger partial charge is 0.0668 e. The molecule has 4 nitrogen and oxygen atoms in total. The molecule has 5 fully saturated rings. The summed E-state index contributed by atoms with van der Waals surface area (Å²) >= 11 is 0. The van der Waals surface area contributed by atoms with Gasteiger partial charge in [-0.2, -0.15) is 0 Å². The van der Waals surface area contributed by atoms with Crippen molar-refractivity contribution < 1.29 is 14.2 Å². The predicted molar refractivity (Wildman–Crippen MR) is 263 cm³/mol. The fourth-order valence-electron chi connectivity index (χ4n) is 14.4. The molecule has 1 aromatic carbocycles. The number of hydrogen-bond acceptors (Lipinski definition) is 4. The summed E-state index contributed by atoms with van der Waals surface area (Å²) in [4.78, 5) is 0. The maximum atomic E-state index is 7.23. The van der Waals surface area contributed by atoms with E-state index < -0.39 is 0 Å². The molecule has 0 radical (unpaired) electrons. The minimum atomic E-state index is -0.167. The third-order valence-corrected chi connectivity index (χ3v) is 18.4. The van der Waals surface area contributed by atoms with Crippen LogP contribution in [-0.2, 0) is 20.6 Å². The highest BCUT2D eigenvalue weighted by molar-refractivity contribution is 5.67. The molecule has 1 aromatic rings. The molecule has 3 aliphatic heterocycles. The highest BCUT2D eigenvalue weighted by Crippen LogP contribution is 2.73. The van der Waals surface area contributed by atoms with E-state index in [9.17, 15) is 0 Å². The van der Waals surface area contributed by atoms with Crippen LogP contribution in [0.25, 0.3) is 6.08 Å². The van der Waals surface area contributed by atoms with Crippen LogP contribution in [0.3, 0.4) is 0 Å². The third kappa shape index (κ3) is 9.15. The van der Waals surface area contributed by atoms with Gasteiger partial charge in [0.2, 0.25) is 0 Å². The lowest BCUT2D eigenvalue weighted by Gasteiger charge is -2.69. The standard InChI is InChI=1S/C44H67NO2.C11H24O.C2H6/c1-14-29-15-17-34-38(32(29)24-33-28(4)40(8,9)47-41(33,10)11)27(3)22-30-16-18-35-42(12,43(30,13)45-34)20-19-36-44(35)25-26(2)21-31(44)23-37(46-36)39(5,6)7;1-7-8-9(2)12-10(3)11(4,5)6;1-2/h14-15,17,27-28,30-31,33,35-37,45H,1-2,16,18-25H2,3-13H3;9-10H,7-8H2,1-6H3;1-2H3. The first-order valence-corrected chi connectivity index (χ1v) is 25.4. The summed E-state index contributed by atoms with van der Waals surface area (Å²) in [6.45, 7) is 52.8. The van der Waals surface area contributed by atoms with E-state index in [-0.39, 0.29) is 38.4 Å². The van der Waals surface area contributed by atoms with Crippen molar-refractivity contribution >= 4 is 11.8 Å². The van der Waals surface area contributed by atoms with E-state index in [0.717, 1.165) is 6.42 Å². The fraction of sp³-hybridized carbons (Fsp3) is 0.825. The Labute approximate surface area is 378 Å². The lowest BCUT2D eigenvalue weighted by Crippen LogP contribution is -2.70. The Balaban J connectivity index is 0.000000436. The van der Waals surface area contributed by atoms with E-state index >= 15 is 0 Å². The molecular weight excluding hydrogens is 747 g/mol. The number of anilines is 1. The van der Waals surface area contributed by atoms with Crippen molar-refractivity contribution in [3.8, 4) is 0 Å². The van der Waals surface area contributed by atoms with E-state index in [1.165, 1.54) is 86.6 Å². The SMILES string of the molecule is C=Cc1ccc2c(c1CC1C(C)C(C)(C)OC1(C)C)C(C)CC1CCC3C45CC(=C)CC4CC(C(C)(C)C)OC5CCC3(C)C1(C)N2.CC.CCCC(C)OC(C)C(C)(C)C. The molecule has 1 N–H and O–H groups in total. The van der Waals surface area contributed by atoms with E-state index in [1.54, 1.807) is 5.56 Å². The Bertz CT molecular complexity index is 1690. The topological polar surface area (TPSA) is 39.7 Å². The Morgan fingerprint density at radius 1 is 0.918 bits per heavy atom. The van der Waals surface area contributed by atoms with Crippen LogP contribution >= 0.6 is 0 Å². The van der Waals surface area contributed by atoms with Crippen molar-refractivity contribution in [2.45, 2.75) is 249 Å². The third-order valence-electron chi connectivity index (χ3n) is 18.4. The van der Waals surface area contributed by atoms with Gasteiger partial charge in [0.15, 0.2) is 0 Å². The second-order valence-corrected chi connectivity index (χ2v) is 24.9. The molecule has 4 heteroatoms. The zero-order valence-corrected chi connectivity index (χ0v) is 43.4. The molecule has 0 bridgehead atoms. The van der Waals surface area contributed by atoms with Crippen molar-refractivity contribution in [1.29, 1.82) is 0 Å². The molecule has 61 heavy (non-hydrogen) atoms. The minimum Gasteiger partial charge on any atom is -0.379 e. The van der Waals surface area contributed by atoms with Crippen molar-refractivity contribution in [3.63, 3.8) is 0 Å². The molecule has 3 heterocycles. The molecule has 13 unspecified atom stereocenters. The molecule has 6 aliphatic rings. The zero-order valence-electron chi connectivity index (χ0n) is 43.4. The molecule has 13 atom stereocenters. The van der Waals surface area contributed by atoms with Gasteiger partial charge in [-0.05, 0) is 187 Å². The van der Waals surface area contributed by atoms with Gasteiger partial charge in [0, 0.05) is 16.6 Å². The summed E-state index contributed by atoms with van der Waals surface area (Å²) in [5.74, 6) is 3.40. The zero-order chi connectivity index (χ0) is 45.9. The maximum Gasteiger partial charge on any atom is 0.0668 e. The maximum absolute atomic E-state index is 7.23. The van der Waals surface area contributed by atoms with Gasteiger partial charge >= 0.3 is 0 Å². The number of benzene rings is 1. The molecule has 3 aliphatic carbocycles. The second kappa shape index (κ2) is 18.0. The Hall–Kier alpha value is -1.62. The highest BCUT2D eigenvalue weighted by atomic mass is 16.5. The van der Waals surface area contributed by atoms with E-state index in [4.69, 9.17) is 14.2 Å². The molecule has 3 saturated carbocycles. The molecule has 348 valence electrons. The predicted octanol–water partition coefficient (Wildman–Crippen LogP) is 16.0. The fourth-order valence-corrected chi connectivity index (χ4v) is 14.4. The van der Waals surface area contributed by atoms with Gasteiger partial charge in [-0.15, -0.1) is 0 Å². The van der Waals surface area contributed by atoms with Gasteiger partial charge in [-0.3, -0.25) is 0 Å². The van der Waals surface area contributed by atoms with Crippen LogP contribution in [0.4, 0.5) is 5.69 Å². The molecule has 0 amide bonds. The van der Waals surface area contributed by atoms with Crippen LogP contribution in [0.15, 0.2) is 30.9 Å². The van der Waals surface area contributed by atoms with E-state index in [0.29, 0.717) is 59.9 Å². The van der Waals surface area contributed by atoms with Crippen molar-refractivity contribution in [2.75, 3.05) is 5.32 Å². The van der Waals surface area contributed by atoms with Gasteiger partial charge < -0.3 is 19.5 Å². The van der Waals surface area contributed by atoms with Crippen LogP contribution in [0.5, 0.6) is 0 Å². The first-order valence-electron chi connectivity index (χ1n) is 25.4. The molecule has 0 aromatic heterocycles. The van der Waals surface area contributed by atoms with E-state index in [1.807, 2.05) is 13.8 Å². The van der Waals surface area contributed by atoms with Crippen LogP contribution in [0.1, 0.15) is 218 Å². The molecule has 1 spiro atoms. The largest absolute Gasteiger partial charge is 0.379 e. The average Bonchev–Trinajstić information content (AvgIpc) is 3.52. The van der Waals surface area contributed by atoms with Crippen molar-refractivity contribution in [1.82, 2.24) is 0 Å². The van der Waals surface area contributed by atoms with Gasteiger partial charge in [-0.25, -0.2) is 0 Å². The number of hydrogen-bond donors (Lipinski definition) is 1. The molecule has 7 rings (SSSR count). The Kier molecular flexibility index (Phi) is 14.9. The van der Waals surface area contributed by atoms with Gasteiger partial charge in [0.1, 0.15) is 0 Å². The highest BCUT2D eigenvalue weighted by Gasteiger charge is 2.70. The Morgan fingerprint density at radius 2 is 1.57 bits per heavy atom. The van der Waals surface area contributed by atoms with Crippen LogP contribution in [0, 0.1) is 51.2 Å². The number of allylic oxidation sites excluding steroid dienone is 1. The first-order chi connectivity index (χ1) is 28.2. The molecule has 2 saturated heterocycles. The van der Waals surface area contributed by atoms with Crippen molar-refractivity contribution in [3.05, 3.63) is 47.6 Å². The number of fused-ring (bicyclic) bond motifs is 4. The Morgan fingerprint density at radius 3 is 2.13 bits per heavy atom. The first kappa shape index (κ1) is 50.4. The van der Waals surface area contributed by atoms with E-state index in [2.05, 4.69) is 154 Å². The van der Waals surface area contributed by atoms with Crippen LogP contribution < -0.4 is 5.32 Å². The van der Waals surface area contributed by atoms with Crippen LogP contribution in [0.2, 0.25) is 0 Å². The minimum absolute atomic E-state index is 0.0164. The second-order valence-electron chi connectivity index (χ2n) is 24.9. The lowest BCUT2D eigenvalue weighted by atomic mass is 9.40. The van der Waals surface area contributed by atoms with Gasteiger partial charge in [0.25, 0.3) is 0 Å². The number of nitrogens with one attached hydrogen (secondary N) is 1. The number of rotatable bonds is 7. The normalized spacial score (nSPS) is 38.2. The lowest BCUT2D eigenvalue weighted by molar-refractivity contribution is -0.254. The van der Waals surface area contributed by atoms with Gasteiger partial charge in [-0.1, -0.05) is 120 Å². The summed E-state index contributed by atoms with van der Waals surface area (Å²) in [7, 11) is 0. The average molecular weight is 844 g/mol. The van der Waals surface area contributed by atoms with Crippen molar-refractivity contribution in [2.24, 2.45) is 51.2 Å². The quantitative estimate of drug-likeness (QED) is 0.278.